The molecule has 0 radical (unpaired) electrons. The number of rotatable bonds is 5. The van der Waals surface area contributed by atoms with Gasteiger partial charge >= 0.3 is 0 Å². The van der Waals surface area contributed by atoms with Crippen LogP contribution in [-0.2, 0) is 13.1 Å². The van der Waals surface area contributed by atoms with Crippen molar-refractivity contribution < 1.29 is 19.7 Å². The van der Waals surface area contributed by atoms with Crippen LogP contribution in [0.3, 0.4) is 0 Å². The first kappa shape index (κ1) is 23.6. The number of hydrogen-bond acceptors (Lipinski definition) is 10. The summed E-state index contributed by atoms with van der Waals surface area (Å²) in [5.41, 5.74) is -0.780. The Labute approximate surface area is 209 Å². The minimum atomic E-state index is -1.18. The summed E-state index contributed by atoms with van der Waals surface area (Å²) in [7, 11) is 2.97. The van der Waals surface area contributed by atoms with Crippen molar-refractivity contribution in [2.24, 2.45) is 0 Å². The van der Waals surface area contributed by atoms with Gasteiger partial charge in [-0.15, -0.1) is 0 Å². The largest absolute Gasteiger partial charge is 0.497 e. The van der Waals surface area contributed by atoms with E-state index in [9.17, 15) is 19.8 Å². The molecule has 1 aromatic carbocycles. The van der Waals surface area contributed by atoms with E-state index < -0.39 is 28.8 Å². The lowest BCUT2D eigenvalue weighted by Crippen LogP contribution is -2.35. The Kier molecular flexibility index (Phi) is 6.41. The third-order valence-corrected chi connectivity index (χ3v) is 8.27. The number of benzene rings is 1. The molecule has 2 aliphatic heterocycles. The summed E-state index contributed by atoms with van der Waals surface area (Å²) in [6.45, 7) is 0.885. The standard InChI is InChI=1S/C23H24N4O6S2/c1-32-12-5-6-13(14(11-12)33-2)15(16-18(28)24-22-26(20(16)30)7-3-9-34-22)17-19(29)25-23-27(21(17)31)8-4-10-35-23/h5-6,11,15,28-29H,3-4,7-10H2,1-2H3. The van der Waals surface area contributed by atoms with Crippen LogP contribution in [0, 0.1) is 0 Å². The van der Waals surface area contributed by atoms with Gasteiger partial charge in [0.15, 0.2) is 10.3 Å². The van der Waals surface area contributed by atoms with Crippen LogP contribution in [0.25, 0.3) is 0 Å². The monoisotopic (exact) mass is 516 g/mol. The maximum atomic E-state index is 13.7. The molecule has 0 unspecified atom stereocenters. The second-order valence-electron chi connectivity index (χ2n) is 8.12. The van der Waals surface area contributed by atoms with E-state index in [4.69, 9.17) is 9.47 Å². The molecule has 3 aromatic rings. The maximum absolute atomic E-state index is 13.7. The van der Waals surface area contributed by atoms with Gasteiger partial charge in [-0.3, -0.25) is 18.7 Å². The fourth-order valence-electron chi connectivity index (χ4n) is 4.48. The van der Waals surface area contributed by atoms with Crippen molar-refractivity contribution >= 4 is 23.5 Å². The summed E-state index contributed by atoms with van der Waals surface area (Å²) < 4.78 is 13.9. The average Bonchev–Trinajstić information content (AvgIpc) is 2.87. The average molecular weight is 517 g/mol. The zero-order valence-electron chi connectivity index (χ0n) is 19.2. The molecule has 2 aromatic heterocycles. The Morgan fingerprint density at radius 2 is 1.43 bits per heavy atom. The fraction of sp³-hybridized carbons (Fsp3) is 0.391. The first-order valence-corrected chi connectivity index (χ1v) is 13.1. The minimum Gasteiger partial charge on any atom is -0.497 e. The molecule has 2 N–H and O–H groups in total. The number of fused-ring (bicyclic) bond motifs is 2. The summed E-state index contributed by atoms with van der Waals surface area (Å²) in [6.07, 6.45) is 1.54. The van der Waals surface area contributed by atoms with Crippen LogP contribution in [0.2, 0.25) is 0 Å². The molecule has 2 aliphatic rings. The quantitative estimate of drug-likeness (QED) is 0.488. The summed E-state index contributed by atoms with van der Waals surface area (Å²) in [5, 5.41) is 22.9. The molecule has 0 bridgehead atoms. The highest BCUT2D eigenvalue weighted by atomic mass is 32.2. The smallest absolute Gasteiger partial charge is 0.262 e. The molecule has 0 fully saturated rings. The highest BCUT2D eigenvalue weighted by Gasteiger charge is 2.35. The van der Waals surface area contributed by atoms with Gasteiger partial charge in [-0.25, -0.2) is 0 Å². The second kappa shape index (κ2) is 9.50. The van der Waals surface area contributed by atoms with E-state index in [2.05, 4.69) is 9.97 Å². The number of nitrogens with zero attached hydrogens (tertiary/aromatic N) is 4. The highest BCUT2D eigenvalue weighted by Crippen LogP contribution is 2.42. The molecule has 184 valence electrons. The molecule has 35 heavy (non-hydrogen) atoms. The zero-order chi connectivity index (χ0) is 24.7. The van der Waals surface area contributed by atoms with Gasteiger partial charge in [0.25, 0.3) is 11.1 Å². The van der Waals surface area contributed by atoms with E-state index in [1.54, 1.807) is 18.2 Å². The van der Waals surface area contributed by atoms with Gasteiger partial charge in [-0.05, 0) is 18.9 Å². The minimum absolute atomic E-state index is 0.113. The fourth-order valence-corrected chi connectivity index (χ4v) is 6.36. The maximum Gasteiger partial charge on any atom is 0.262 e. The van der Waals surface area contributed by atoms with Gasteiger partial charge in [0.2, 0.25) is 11.8 Å². The number of hydrogen-bond donors (Lipinski definition) is 2. The number of ether oxygens (including phenoxy) is 2. The van der Waals surface area contributed by atoms with Crippen LogP contribution in [0.1, 0.15) is 35.4 Å². The Morgan fingerprint density at radius 3 is 1.91 bits per heavy atom. The van der Waals surface area contributed by atoms with Gasteiger partial charge in [0.1, 0.15) is 11.5 Å². The third-order valence-electron chi connectivity index (χ3n) is 6.14. The van der Waals surface area contributed by atoms with Crippen molar-refractivity contribution in [3.05, 3.63) is 55.6 Å². The van der Waals surface area contributed by atoms with Gasteiger partial charge < -0.3 is 19.7 Å². The van der Waals surface area contributed by atoms with E-state index in [0.29, 0.717) is 40.5 Å². The van der Waals surface area contributed by atoms with Crippen LogP contribution in [0.15, 0.2) is 38.1 Å². The molecule has 0 spiro atoms. The lowest BCUT2D eigenvalue weighted by Gasteiger charge is -2.25. The topological polar surface area (TPSA) is 129 Å². The predicted octanol–water partition coefficient (Wildman–Crippen LogP) is 2.40. The Balaban J connectivity index is 1.85. The molecule has 4 heterocycles. The number of aromatic hydroxyl groups is 2. The summed E-state index contributed by atoms with van der Waals surface area (Å²) in [5.74, 6) is 0.242. The molecular formula is C23H24N4O6S2. The molecule has 0 atom stereocenters. The van der Waals surface area contributed by atoms with Crippen LogP contribution in [0.4, 0.5) is 0 Å². The zero-order valence-corrected chi connectivity index (χ0v) is 20.8. The molecule has 0 saturated heterocycles. The van der Waals surface area contributed by atoms with Crippen LogP contribution in [-0.4, -0.2) is 55.0 Å². The van der Waals surface area contributed by atoms with Crippen LogP contribution >= 0.6 is 23.5 Å². The van der Waals surface area contributed by atoms with E-state index in [1.807, 2.05) is 0 Å². The van der Waals surface area contributed by atoms with E-state index in [1.165, 1.54) is 46.9 Å². The molecule has 0 saturated carbocycles. The lowest BCUT2D eigenvalue weighted by molar-refractivity contribution is 0.386. The summed E-state index contributed by atoms with van der Waals surface area (Å²) >= 11 is 2.77. The first-order chi connectivity index (χ1) is 16.9. The van der Waals surface area contributed by atoms with E-state index in [-0.39, 0.29) is 11.1 Å². The van der Waals surface area contributed by atoms with E-state index >= 15 is 0 Å². The third kappa shape index (κ3) is 4.04. The molecule has 0 amide bonds. The van der Waals surface area contributed by atoms with Crippen LogP contribution < -0.4 is 20.6 Å². The number of aromatic nitrogens is 4. The first-order valence-electron chi connectivity index (χ1n) is 11.1. The second-order valence-corrected chi connectivity index (χ2v) is 10.2. The highest BCUT2D eigenvalue weighted by molar-refractivity contribution is 7.99. The Morgan fingerprint density at radius 1 is 0.886 bits per heavy atom. The Hall–Kier alpha value is -3.12. The van der Waals surface area contributed by atoms with Gasteiger partial charge in [-0.2, -0.15) is 9.97 Å². The summed E-state index contributed by atoms with van der Waals surface area (Å²) in [6, 6.07) is 4.93. The SMILES string of the molecule is COc1ccc(C(c2c(O)nc3n(c2=O)CCCS3)c2c(O)nc3n(c2=O)CCCS3)c(OC)c1. The molecule has 5 rings (SSSR count). The number of methoxy groups -OCH3 is 2. The van der Waals surface area contributed by atoms with E-state index in [0.717, 1.165) is 24.3 Å². The van der Waals surface area contributed by atoms with Crippen molar-refractivity contribution in [1.29, 1.82) is 0 Å². The predicted molar refractivity (Wildman–Crippen MR) is 131 cm³/mol. The lowest BCUT2D eigenvalue weighted by atomic mass is 9.86. The van der Waals surface area contributed by atoms with Gasteiger partial charge in [0, 0.05) is 36.2 Å². The van der Waals surface area contributed by atoms with Crippen molar-refractivity contribution in [2.75, 3.05) is 25.7 Å². The van der Waals surface area contributed by atoms with Crippen LogP contribution in [0.5, 0.6) is 23.3 Å². The molecular weight excluding hydrogens is 492 g/mol. The summed E-state index contributed by atoms with van der Waals surface area (Å²) in [4.78, 5) is 36.0. The molecule has 12 heteroatoms. The Bertz CT molecular complexity index is 1340. The number of thioether (sulfide) groups is 2. The molecule has 0 aliphatic carbocycles. The van der Waals surface area contributed by atoms with Gasteiger partial charge in [0.05, 0.1) is 31.3 Å². The van der Waals surface area contributed by atoms with Crippen molar-refractivity contribution in [3.63, 3.8) is 0 Å². The van der Waals surface area contributed by atoms with Gasteiger partial charge in [-0.1, -0.05) is 29.6 Å². The van der Waals surface area contributed by atoms with Crippen molar-refractivity contribution in [1.82, 2.24) is 19.1 Å². The van der Waals surface area contributed by atoms with Crippen molar-refractivity contribution in [2.45, 2.75) is 42.2 Å². The van der Waals surface area contributed by atoms with Crippen molar-refractivity contribution in [3.8, 4) is 23.3 Å². The molecule has 10 nitrogen and oxygen atoms in total. The normalized spacial score (nSPS) is 14.9.